The van der Waals surface area contributed by atoms with Gasteiger partial charge in [-0.25, -0.2) is 0 Å². The highest BCUT2D eigenvalue weighted by atomic mass is 14.2. The molecule has 14 heavy (non-hydrogen) atoms. The van der Waals surface area contributed by atoms with Crippen LogP contribution < -0.4 is 0 Å². The van der Waals surface area contributed by atoms with Crippen LogP contribution in [0.25, 0.3) is 0 Å². The van der Waals surface area contributed by atoms with Gasteiger partial charge in [-0.05, 0) is 19.8 Å². The van der Waals surface area contributed by atoms with E-state index in [2.05, 4.69) is 46.4 Å². The van der Waals surface area contributed by atoms with Crippen molar-refractivity contribution < 1.29 is 0 Å². The summed E-state index contributed by atoms with van der Waals surface area (Å²) < 4.78 is 0. The molecule has 82 valence electrons. The first-order valence-electron chi connectivity index (χ1n) is 5.84. The van der Waals surface area contributed by atoms with E-state index in [9.17, 15) is 0 Å². The monoisotopic (exact) mass is 194 g/mol. The van der Waals surface area contributed by atoms with Crippen LogP contribution >= 0.6 is 0 Å². The van der Waals surface area contributed by atoms with Gasteiger partial charge in [-0.15, -0.1) is 0 Å². The van der Waals surface area contributed by atoms with E-state index in [-0.39, 0.29) is 5.41 Å². The van der Waals surface area contributed by atoms with Crippen LogP contribution in [0.4, 0.5) is 0 Å². The van der Waals surface area contributed by atoms with Crippen LogP contribution in [-0.4, -0.2) is 0 Å². The Morgan fingerprint density at radius 1 is 1.21 bits per heavy atom. The van der Waals surface area contributed by atoms with Crippen molar-refractivity contribution in [2.75, 3.05) is 0 Å². The molecule has 0 spiro atoms. The summed E-state index contributed by atoms with van der Waals surface area (Å²) in [5, 5.41) is 0. The first-order chi connectivity index (χ1) is 6.50. The summed E-state index contributed by atoms with van der Waals surface area (Å²) in [6, 6.07) is 0. The lowest BCUT2D eigenvalue weighted by Gasteiger charge is -2.20. The maximum absolute atomic E-state index is 4.00. The molecule has 0 saturated heterocycles. The van der Waals surface area contributed by atoms with Crippen molar-refractivity contribution >= 4 is 0 Å². The summed E-state index contributed by atoms with van der Waals surface area (Å²) in [6.07, 6.45) is 11.2. The minimum atomic E-state index is 0.171. The molecule has 0 radical (unpaired) electrons. The molecule has 0 atom stereocenters. The standard InChI is InChI=1S/C14H26/c1-6-7-8-9-10-11-12-14(4,5)13(2)3/h11-12H,2,6-10H2,1,3-5H3/b12-11+. The van der Waals surface area contributed by atoms with E-state index in [4.69, 9.17) is 0 Å². The van der Waals surface area contributed by atoms with Crippen molar-refractivity contribution in [1.29, 1.82) is 0 Å². The first kappa shape index (κ1) is 13.5. The fourth-order valence-corrected chi connectivity index (χ4v) is 1.21. The Labute approximate surface area is 90.1 Å². The number of unbranched alkanes of at least 4 members (excludes halogenated alkanes) is 4. The van der Waals surface area contributed by atoms with Gasteiger partial charge in [0, 0.05) is 5.41 Å². The molecule has 0 rings (SSSR count). The second-order valence-corrected chi connectivity index (χ2v) is 4.75. The van der Waals surface area contributed by atoms with Crippen LogP contribution in [0.1, 0.15) is 59.8 Å². The van der Waals surface area contributed by atoms with Gasteiger partial charge < -0.3 is 0 Å². The fourth-order valence-electron chi connectivity index (χ4n) is 1.21. The highest BCUT2D eigenvalue weighted by Crippen LogP contribution is 2.26. The van der Waals surface area contributed by atoms with Crippen LogP contribution in [0.5, 0.6) is 0 Å². The highest BCUT2D eigenvalue weighted by molar-refractivity contribution is 5.13. The Balaban J connectivity index is 3.67. The van der Waals surface area contributed by atoms with Crippen molar-refractivity contribution in [2.24, 2.45) is 5.41 Å². The zero-order valence-corrected chi connectivity index (χ0v) is 10.4. The molecule has 0 N–H and O–H groups in total. The van der Waals surface area contributed by atoms with Crippen LogP contribution in [0.3, 0.4) is 0 Å². The lowest BCUT2D eigenvalue weighted by atomic mass is 9.85. The van der Waals surface area contributed by atoms with Crippen LogP contribution in [0.2, 0.25) is 0 Å². The van der Waals surface area contributed by atoms with Gasteiger partial charge in [-0.3, -0.25) is 0 Å². The second kappa shape index (κ2) is 6.86. The molecule has 0 nitrogen and oxygen atoms in total. The molecular weight excluding hydrogens is 168 g/mol. The molecule has 0 aromatic carbocycles. The van der Waals surface area contributed by atoms with Gasteiger partial charge in [0.05, 0.1) is 0 Å². The zero-order chi connectivity index (χ0) is 11.0. The molecule has 0 aliphatic heterocycles. The second-order valence-electron chi connectivity index (χ2n) is 4.75. The van der Waals surface area contributed by atoms with E-state index in [1.54, 1.807) is 0 Å². The minimum absolute atomic E-state index is 0.171. The summed E-state index contributed by atoms with van der Waals surface area (Å²) in [5.74, 6) is 0. The average Bonchev–Trinajstić information content (AvgIpc) is 2.10. The fraction of sp³-hybridized carbons (Fsp3) is 0.714. The van der Waals surface area contributed by atoms with Gasteiger partial charge in [0.25, 0.3) is 0 Å². The van der Waals surface area contributed by atoms with Crippen molar-refractivity contribution in [3.8, 4) is 0 Å². The quantitative estimate of drug-likeness (QED) is 0.390. The van der Waals surface area contributed by atoms with Crippen LogP contribution in [0, 0.1) is 5.41 Å². The van der Waals surface area contributed by atoms with E-state index in [1.165, 1.54) is 37.7 Å². The normalized spacial score (nSPS) is 12.3. The summed E-state index contributed by atoms with van der Waals surface area (Å²) in [4.78, 5) is 0. The largest absolute Gasteiger partial charge is 0.0993 e. The minimum Gasteiger partial charge on any atom is -0.0993 e. The molecule has 0 saturated carbocycles. The number of allylic oxidation sites excluding steroid dienone is 3. The molecule has 0 heterocycles. The third-order valence-corrected chi connectivity index (χ3v) is 2.86. The average molecular weight is 194 g/mol. The smallest absolute Gasteiger partial charge is 0.00287 e. The van der Waals surface area contributed by atoms with Gasteiger partial charge >= 0.3 is 0 Å². The Kier molecular flexibility index (Phi) is 6.61. The molecule has 0 aliphatic carbocycles. The maximum atomic E-state index is 4.00. The Hall–Kier alpha value is -0.520. The predicted molar refractivity (Wildman–Crippen MR) is 66.5 cm³/mol. The van der Waals surface area contributed by atoms with E-state index in [0.717, 1.165) is 0 Å². The summed E-state index contributed by atoms with van der Waals surface area (Å²) in [5.41, 5.74) is 1.41. The number of hydrogen-bond donors (Lipinski definition) is 0. The summed E-state index contributed by atoms with van der Waals surface area (Å²) in [6.45, 7) is 12.8. The van der Waals surface area contributed by atoms with Crippen molar-refractivity contribution in [1.82, 2.24) is 0 Å². The third-order valence-electron chi connectivity index (χ3n) is 2.86. The van der Waals surface area contributed by atoms with Gasteiger partial charge in [-0.2, -0.15) is 0 Å². The van der Waals surface area contributed by atoms with Gasteiger partial charge in [0.15, 0.2) is 0 Å². The van der Waals surface area contributed by atoms with Crippen molar-refractivity contribution in [3.63, 3.8) is 0 Å². The van der Waals surface area contributed by atoms with E-state index in [1.807, 2.05) is 0 Å². The van der Waals surface area contributed by atoms with Crippen LogP contribution in [0.15, 0.2) is 24.3 Å². The lowest BCUT2D eigenvalue weighted by Crippen LogP contribution is -2.07. The highest BCUT2D eigenvalue weighted by Gasteiger charge is 2.13. The zero-order valence-electron chi connectivity index (χ0n) is 10.4. The van der Waals surface area contributed by atoms with E-state index >= 15 is 0 Å². The van der Waals surface area contributed by atoms with Crippen molar-refractivity contribution in [2.45, 2.75) is 59.8 Å². The summed E-state index contributed by atoms with van der Waals surface area (Å²) >= 11 is 0. The lowest BCUT2D eigenvalue weighted by molar-refractivity contribution is 0.577. The Bertz CT molecular complexity index is 184. The maximum Gasteiger partial charge on any atom is 0.00287 e. The Morgan fingerprint density at radius 2 is 1.86 bits per heavy atom. The number of hydrogen-bond acceptors (Lipinski definition) is 0. The van der Waals surface area contributed by atoms with Crippen LogP contribution in [-0.2, 0) is 0 Å². The van der Waals surface area contributed by atoms with Crippen molar-refractivity contribution in [3.05, 3.63) is 24.3 Å². The molecule has 0 aromatic rings. The molecular formula is C14H26. The molecule has 0 unspecified atom stereocenters. The Morgan fingerprint density at radius 3 is 2.36 bits per heavy atom. The molecule has 0 heteroatoms. The first-order valence-corrected chi connectivity index (χ1v) is 5.84. The molecule has 0 amide bonds. The third kappa shape index (κ3) is 6.01. The van der Waals surface area contributed by atoms with E-state index < -0.39 is 0 Å². The topological polar surface area (TPSA) is 0 Å². The molecule has 0 fully saturated rings. The van der Waals surface area contributed by atoms with E-state index in [0.29, 0.717) is 0 Å². The SMILES string of the molecule is C=C(C)C(C)(C)/C=C/CCCCCC. The van der Waals surface area contributed by atoms with Gasteiger partial charge in [-0.1, -0.05) is 64.3 Å². The summed E-state index contributed by atoms with van der Waals surface area (Å²) in [7, 11) is 0. The molecule has 0 aromatic heterocycles. The van der Waals surface area contributed by atoms with Gasteiger partial charge in [0.2, 0.25) is 0 Å². The predicted octanol–water partition coefficient (Wildman–Crippen LogP) is 5.12. The molecule has 0 bridgehead atoms. The molecule has 0 aliphatic rings. The number of rotatable bonds is 7. The van der Waals surface area contributed by atoms with Gasteiger partial charge in [0.1, 0.15) is 0 Å².